The van der Waals surface area contributed by atoms with E-state index < -0.39 is 8.80 Å². The van der Waals surface area contributed by atoms with Crippen molar-refractivity contribution in [2.24, 2.45) is 0 Å². The van der Waals surface area contributed by atoms with Crippen LogP contribution in [0.5, 0.6) is 0 Å². The summed E-state index contributed by atoms with van der Waals surface area (Å²) in [7, 11) is 2.64. The van der Waals surface area contributed by atoms with E-state index in [-0.39, 0.29) is 0 Å². The fourth-order valence-electron chi connectivity index (χ4n) is 1.82. The van der Waals surface area contributed by atoms with Gasteiger partial charge in [-0.05, 0) is 12.8 Å². The minimum Gasteiger partial charge on any atom is -0.377 e. The van der Waals surface area contributed by atoms with Gasteiger partial charge in [0.25, 0.3) is 0 Å². The second-order valence-corrected chi connectivity index (χ2v) is 6.74. The Balaban J connectivity index is 2.21. The molecule has 1 saturated heterocycles. The molecule has 0 saturated carbocycles. The molecule has 0 aliphatic carbocycles. The highest BCUT2D eigenvalue weighted by atomic mass is 28.4. The summed E-state index contributed by atoms with van der Waals surface area (Å²) in [6, 6.07) is 0.870. The molecule has 6 heteroatoms. The molecule has 90 valence electrons. The van der Waals surface area contributed by atoms with Crippen molar-refractivity contribution in [3.05, 3.63) is 0 Å². The smallest absolute Gasteiger partial charge is 0.377 e. The predicted molar refractivity (Wildman–Crippen MR) is 60.4 cm³/mol. The molecule has 0 amide bonds. The molecule has 0 unspecified atom stereocenters. The van der Waals surface area contributed by atoms with Crippen LogP contribution in [0, 0.1) is 0 Å². The van der Waals surface area contributed by atoms with E-state index in [0.717, 1.165) is 32.1 Å². The first-order valence-corrected chi connectivity index (χ1v) is 7.33. The third kappa shape index (κ3) is 3.82. The topological polar surface area (TPSA) is 43.0 Å². The van der Waals surface area contributed by atoms with Crippen LogP contribution in [0.15, 0.2) is 0 Å². The molecule has 1 aliphatic heterocycles. The van der Waals surface area contributed by atoms with Gasteiger partial charge < -0.3 is 13.3 Å². The van der Waals surface area contributed by atoms with Gasteiger partial charge in [-0.1, -0.05) is 0 Å². The summed E-state index contributed by atoms with van der Waals surface area (Å²) in [5.74, 6) is 0. The van der Waals surface area contributed by atoms with E-state index in [9.17, 15) is 0 Å². The van der Waals surface area contributed by atoms with E-state index in [1.807, 2.05) is 0 Å². The second kappa shape index (κ2) is 6.57. The fraction of sp³-hybridized carbons (Fsp3) is 1.00. The number of hydrazine groups is 1. The lowest BCUT2D eigenvalue weighted by atomic mass is 10.4. The molecule has 0 atom stereocenters. The van der Waals surface area contributed by atoms with E-state index in [1.54, 1.807) is 21.3 Å². The van der Waals surface area contributed by atoms with Crippen LogP contribution in [0.2, 0.25) is 6.04 Å². The third-order valence-electron chi connectivity index (χ3n) is 2.78. The molecule has 0 aromatic rings. The number of hydrogen-bond donors (Lipinski definition) is 1. The van der Waals surface area contributed by atoms with E-state index in [4.69, 9.17) is 13.3 Å². The molecule has 0 radical (unpaired) electrons. The fourth-order valence-corrected chi connectivity index (χ4v) is 3.52. The maximum absolute atomic E-state index is 5.36. The molecule has 1 aliphatic rings. The molecular weight excluding hydrogens is 212 g/mol. The average molecular weight is 234 g/mol. The Labute approximate surface area is 93.0 Å². The van der Waals surface area contributed by atoms with Gasteiger partial charge in [0.2, 0.25) is 0 Å². The summed E-state index contributed by atoms with van der Waals surface area (Å²) in [6.07, 6.45) is 2.27. The van der Waals surface area contributed by atoms with Crippen LogP contribution in [0.3, 0.4) is 0 Å². The monoisotopic (exact) mass is 234 g/mol. The van der Waals surface area contributed by atoms with Gasteiger partial charge in [-0.3, -0.25) is 5.43 Å². The van der Waals surface area contributed by atoms with Gasteiger partial charge in [0.1, 0.15) is 0 Å². The third-order valence-corrected chi connectivity index (χ3v) is 5.62. The molecule has 1 N–H and O–H groups in total. The molecule has 1 rings (SSSR count). The standard InChI is InChI=1S/C9H22N2O3Si/c1-12-15(13-2,14-3)9-5-8-11-7-4-6-10-11/h10H,4-9H2,1-3H3. The van der Waals surface area contributed by atoms with Crippen LogP contribution in [0.1, 0.15) is 12.8 Å². The van der Waals surface area contributed by atoms with Crippen molar-refractivity contribution in [3.8, 4) is 0 Å². The summed E-state index contributed by atoms with van der Waals surface area (Å²) >= 11 is 0. The summed E-state index contributed by atoms with van der Waals surface area (Å²) in [4.78, 5) is 0. The van der Waals surface area contributed by atoms with Gasteiger partial charge in [-0.25, -0.2) is 5.01 Å². The molecule has 0 aromatic heterocycles. The van der Waals surface area contributed by atoms with Crippen LogP contribution in [-0.2, 0) is 13.3 Å². The highest BCUT2D eigenvalue weighted by molar-refractivity contribution is 6.60. The molecule has 0 spiro atoms. The van der Waals surface area contributed by atoms with Crippen molar-refractivity contribution in [1.29, 1.82) is 0 Å². The van der Waals surface area contributed by atoms with Crippen LogP contribution < -0.4 is 5.43 Å². The van der Waals surface area contributed by atoms with Gasteiger partial charge in [0.15, 0.2) is 0 Å². The molecule has 0 bridgehead atoms. The first kappa shape index (κ1) is 13.1. The highest BCUT2D eigenvalue weighted by Gasteiger charge is 2.37. The zero-order valence-electron chi connectivity index (χ0n) is 9.91. The number of nitrogens with one attached hydrogen (secondary N) is 1. The van der Waals surface area contributed by atoms with E-state index in [0.29, 0.717) is 0 Å². The van der Waals surface area contributed by atoms with E-state index >= 15 is 0 Å². The van der Waals surface area contributed by atoms with Crippen molar-refractivity contribution >= 4 is 8.80 Å². The molecule has 1 fully saturated rings. The lowest BCUT2D eigenvalue weighted by Crippen LogP contribution is -2.43. The Bertz CT molecular complexity index is 164. The predicted octanol–water partition coefficient (Wildman–Crippen LogP) is 0.465. The van der Waals surface area contributed by atoms with E-state index in [2.05, 4.69) is 10.4 Å². The van der Waals surface area contributed by atoms with Crippen LogP contribution >= 0.6 is 0 Å². The first-order valence-electron chi connectivity index (χ1n) is 5.40. The number of rotatable bonds is 7. The lowest BCUT2D eigenvalue weighted by molar-refractivity contribution is 0.121. The lowest BCUT2D eigenvalue weighted by Gasteiger charge is -2.25. The Morgan fingerprint density at radius 2 is 1.87 bits per heavy atom. The molecule has 0 aromatic carbocycles. The SMILES string of the molecule is CO[Si](CCCN1CCCN1)(OC)OC. The Morgan fingerprint density at radius 3 is 2.33 bits per heavy atom. The van der Waals surface area contributed by atoms with Gasteiger partial charge in [0.05, 0.1) is 0 Å². The number of nitrogens with zero attached hydrogens (tertiary/aromatic N) is 1. The zero-order chi connectivity index (χ0) is 11.1. The maximum atomic E-state index is 5.36. The maximum Gasteiger partial charge on any atom is 0.500 e. The molecule has 1 heterocycles. The Kier molecular flexibility index (Phi) is 5.73. The van der Waals surface area contributed by atoms with Gasteiger partial charge in [-0.15, -0.1) is 0 Å². The molecule has 15 heavy (non-hydrogen) atoms. The minimum atomic E-state index is -2.34. The van der Waals surface area contributed by atoms with Crippen molar-refractivity contribution in [1.82, 2.24) is 10.4 Å². The average Bonchev–Trinajstić information content (AvgIpc) is 2.78. The van der Waals surface area contributed by atoms with Crippen LogP contribution in [0.25, 0.3) is 0 Å². The first-order chi connectivity index (χ1) is 7.26. The van der Waals surface area contributed by atoms with Gasteiger partial charge >= 0.3 is 8.80 Å². The van der Waals surface area contributed by atoms with E-state index in [1.165, 1.54) is 6.42 Å². The van der Waals surface area contributed by atoms with Crippen molar-refractivity contribution in [2.75, 3.05) is 41.0 Å². The highest BCUT2D eigenvalue weighted by Crippen LogP contribution is 2.15. The van der Waals surface area contributed by atoms with Gasteiger partial charge in [0, 0.05) is 47.0 Å². The van der Waals surface area contributed by atoms with Gasteiger partial charge in [-0.2, -0.15) is 0 Å². The van der Waals surface area contributed by atoms with Crippen molar-refractivity contribution in [2.45, 2.75) is 18.9 Å². The summed E-state index contributed by atoms with van der Waals surface area (Å²) in [5, 5.41) is 2.25. The normalized spacial score (nSPS) is 18.6. The van der Waals surface area contributed by atoms with Crippen molar-refractivity contribution < 1.29 is 13.3 Å². The number of hydrogen-bond acceptors (Lipinski definition) is 5. The van der Waals surface area contributed by atoms with Crippen LogP contribution in [-0.4, -0.2) is 54.8 Å². The molecule has 5 nitrogen and oxygen atoms in total. The second-order valence-electron chi connectivity index (χ2n) is 3.65. The summed E-state index contributed by atoms with van der Waals surface area (Å²) < 4.78 is 16.1. The summed E-state index contributed by atoms with van der Waals surface area (Å²) in [6.45, 7) is 3.27. The zero-order valence-corrected chi connectivity index (χ0v) is 10.9. The summed E-state index contributed by atoms with van der Waals surface area (Å²) in [5.41, 5.74) is 3.32. The molecular formula is C9H22N2O3Si. The van der Waals surface area contributed by atoms with Crippen molar-refractivity contribution in [3.63, 3.8) is 0 Å². The minimum absolute atomic E-state index is 0.870. The Morgan fingerprint density at radius 1 is 1.20 bits per heavy atom. The Hall–Kier alpha value is 0.0169. The largest absolute Gasteiger partial charge is 0.500 e. The van der Waals surface area contributed by atoms with Crippen LogP contribution in [0.4, 0.5) is 0 Å². The quantitative estimate of drug-likeness (QED) is 0.649.